The molecule has 0 aliphatic rings. The van der Waals surface area contributed by atoms with E-state index in [-0.39, 0.29) is 0 Å². The molecule has 0 N–H and O–H groups in total. The maximum atomic E-state index is 6.04. The molecule has 1 aromatic carbocycles. The lowest BCUT2D eigenvalue weighted by molar-refractivity contribution is 0.186. The van der Waals surface area contributed by atoms with Crippen LogP contribution < -0.4 is 0 Å². The van der Waals surface area contributed by atoms with E-state index in [2.05, 4.69) is 4.98 Å². The molecule has 0 atom stereocenters. The minimum absolute atomic E-state index is 0.371. The van der Waals surface area contributed by atoms with Crippen LogP contribution in [0.25, 0.3) is 10.9 Å². The van der Waals surface area contributed by atoms with Gasteiger partial charge in [-0.05, 0) is 6.07 Å². The molecule has 0 amide bonds. The Balaban J connectivity index is 2.64. The molecule has 0 fully saturated rings. The fourth-order valence-corrected chi connectivity index (χ4v) is 2.12. The van der Waals surface area contributed by atoms with Crippen LogP contribution in [0.15, 0.2) is 24.3 Å². The zero-order chi connectivity index (χ0) is 11.5. The molecule has 0 saturated heterocycles. The average molecular weight is 256 g/mol. The van der Waals surface area contributed by atoms with Gasteiger partial charge in [0, 0.05) is 23.6 Å². The third-order valence-electron chi connectivity index (χ3n) is 2.40. The number of nitrogens with zero attached hydrogens (tertiary/aromatic N) is 1. The van der Waals surface area contributed by atoms with Crippen molar-refractivity contribution in [3.8, 4) is 0 Å². The Hall–Kier alpha value is -0.830. The van der Waals surface area contributed by atoms with Gasteiger partial charge in [-0.15, -0.1) is 11.6 Å². The Morgan fingerprint density at radius 3 is 2.81 bits per heavy atom. The predicted octanol–water partition coefficient (Wildman–Crippen LogP) is 3.77. The Morgan fingerprint density at radius 2 is 2.12 bits per heavy atom. The molecule has 0 unspecified atom stereocenters. The zero-order valence-electron chi connectivity index (χ0n) is 8.84. The fraction of sp³-hybridized carbons (Fsp3) is 0.250. The van der Waals surface area contributed by atoms with Crippen molar-refractivity contribution in [3.63, 3.8) is 0 Å². The van der Waals surface area contributed by atoms with Gasteiger partial charge < -0.3 is 4.74 Å². The summed E-state index contributed by atoms with van der Waals surface area (Å²) in [5.74, 6) is 0.371. The number of halogens is 2. The zero-order valence-corrected chi connectivity index (χ0v) is 10.3. The average Bonchev–Trinajstić information content (AvgIpc) is 2.29. The maximum Gasteiger partial charge on any atom is 0.134 e. The second-order valence-corrected chi connectivity index (χ2v) is 4.12. The number of methoxy groups -OCH3 is 1. The van der Waals surface area contributed by atoms with E-state index in [0.717, 1.165) is 22.0 Å². The SMILES string of the molecule is COCc1cccc2cc(CCl)c(Cl)nc12. The van der Waals surface area contributed by atoms with Gasteiger partial charge in [0.15, 0.2) is 0 Å². The fourth-order valence-electron chi connectivity index (χ4n) is 1.65. The lowest BCUT2D eigenvalue weighted by Crippen LogP contribution is -1.94. The highest BCUT2D eigenvalue weighted by atomic mass is 35.5. The quantitative estimate of drug-likeness (QED) is 0.616. The standard InChI is InChI=1S/C12H11Cl2NO/c1-16-7-9-4-2-3-8-5-10(6-13)12(14)15-11(8)9/h2-5H,6-7H2,1H3. The molecule has 4 heteroatoms. The molecule has 16 heavy (non-hydrogen) atoms. The summed E-state index contributed by atoms with van der Waals surface area (Å²) >= 11 is 11.8. The monoisotopic (exact) mass is 255 g/mol. The summed E-state index contributed by atoms with van der Waals surface area (Å²) in [6.45, 7) is 0.529. The molecule has 2 aromatic rings. The molecule has 0 bridgehead atoms. The highest BCUT2D eigenvalue weighted by Gasteiger charge is 2.07. The van der Waals surface area contributed by atoms with E-state index < -0.39 is 0 Å². The van der Waals surface area contributed by atoms with Gasteiger partial charge in [-0.1, -0.05) is 29.8 Å². The molecular formula is C12H11Cl2NO. The van der Waals surface area contributed by atoms with Gasteiger partial charge in [-0.3, -0.25) is 0 Å². The van der Waals surface area contributed by atoms with Gasteiger partial charge >= 0.3 is 0 Å². The van der Waals surface area contributed by atoms with Crippen molar-refractivity contribution in [1.82, 2.24) is 4.98 Å². The van der Waals surface area contributed by atoms with E-state index in [9.17, 15) is 0 Å². The number of fused-ring (bicyclic) bond motifs is 1. The van der Waals surface area contributed by atoms with E-state index in [1.807, 2.05) is 24.3 Å². The lowest BCUT2D eigenvalue weighted by atomic mass is 10.1. The molecule has 84 valence electrons. The summed E-state index contributed by atoms with van der Waals surface area (Å²) in [6.07, 6.45) is 0. The number of alkyl halides is 1. The number of aromatic nitrogens is 1. The van der Waals surface area contributed by atoms with Crippen molar-refractivity contribution in [2.24, 2.45) is 0 Å². The third kappa shape index (κ3) is 2.14. The number of rotatable bonds is 3. The molecule has 0 radical (unpaired) electrons. The number of hydrogen-bond donors (Lipinski definition) is 0. The number of ether oxygens (including phenoxy) is 1. The van der Waals surface area contributed by atoms with Crippen molar-refractivity contribution in [1.29, 1.82) is 0 Å². The number of benzene rings is 1. The van der Waals surface area contributed by atoms with Gasteiger partial charge in [0.1, 0.15) is 5.15 Å². The van der Waals surface area contributed by atoms with E-state index in [0.29, 0.717) is 17.6 Å². The van der Waals surface area contributed by atoms with E-state index >= 15 is 0 Å². The molecule has 0 aliphatic heterocycles. The van der Waals surface area contributed by atoms with Crippen molar-refractivity contribution in [3.05, 3.63) is 40.5 Å². The Labute approximate surface area is 104 Å². The van der Waals surface area contributed by atoms with Crippen molar-refractivity contribution in [2.45, 2.75) is 12.5 Å². The van der Waals surface area contributed by atoms with Gasteiger partial charge in [-0.25, -0.2) is 4.98 Å². The van der Waals surface area contributed by atoms with Crippen LogP contribution in [0.2, 0.25) is 5.15 Å². The third-order valence-corrected chi connectivity index (χ3v) is 3.01. The van der Waals surface area contributed by atoms with E-state index in [4.69, 9.17) is 27.9 Å². The molecular weight excluding hydrogens is 245 g/mol. The maximum absolute atomic E-state index is 6.04. The van der Waals surface area contributed by atoms with Crippen molar-refractivity contribution in [2.75, 3.05) is 7.11 Å². The van der Waals surface area contributed by atoms with E-state index in [1.54, 1.807) is 7.11 Å². The lowest BCUT2D eigenvalue weighted by Gasteiger charge is -2.07. The molecule has 2 nitrogen and oxygen atoms in total. The van der Waals surface area contributed by atoms with Crippen LogP contribution in [0.3, 0.4) is 0 Å². The van der Waals surface area contributed by atoms with Crippen LogP contribution in [0.1, 0.15) is 11.1 Å². The summed E-state index contributed by atoms with van der Waals surface area (Å²) < 4.78 is 5.12. The molecule has 0 aliphatic carbocycles. The summed E-state index contributed by atoms with van der Waals surface area (Å²) in [7, 11) is 1.66. The summed E-state index contributed by atoms with van der Waals surface area (Å²) in [6, 6.07) is 7.92. The minimum atomic E-state index is 0.371. The van der Waals surface area contributed by atoms with Gasteiger partial charge in [-0.2, -0.15) is 0 Å². The second kappa shape index (κ2) is 5.00. The first kappa shape index (κ1) is 11.6. The molecule has 1 aromatic heterocycles. The normalized spacial score (nSPS) is 10.9. The van der Waals surface area contributed by atoms with Crippen LogP contribution >= 0.6 is 23.2 Å². The molecule has 0 spiro atoms. The summed E-state index contributed by atoms with van der Waals surface area (Å²) in [5.41, 5.74) is 2.76. The number of para-hydroxylation sites is 1. The first-order valence-corrected chi connectivity index (χ1v) is 5.79. The first-order valence-electron chi connectivity index (χ1n) is 4.88. The number of pyridine rings is 1. The van der Waals surface area contributed by atoms with Crippen molar-refractivity contribution >= 4 is 34.1 Å². The topological polar surface area (TPSA) is 22.1 Å². The predicted molar refractivity (Wildman–Crippen MR) is 67.0 cm³/mol. The van der Waals surface area contributed by atoms with Crippen LogP contribution in [0.5, 0.6) is 0 Å². The van der Waals surface area contributed by atoms with Crippen LogP contribution in [0.4, 0.5) is 0 Å². The Kier molecular flexibility index (Phi) is 3.64. The minimum Gasteiger partial charge on any atom is -0.380 e. The smallest absolute Gasteiger partial charge is 0.134 e. The molecule has 2 rings (SSSR count). The van der Waals surface area contributed by atoms with Crippen LogP contribution in [-0.4, -0.2) is 12.1 Å². The van der Waals surface area contributed by atoms with Gasteiger partial charge in [0.25, 0.3) is 0 Å². The number of hydrogen-bond acceptors (Lipinski definition) is 2. The second-order valence-electron chi connectivity index (χ2n) is 3.49. The van der Waals surface area contributed by atoms with Crippen LogP contribution in [-0.2, 0) is 17.2 Å². The summed E-state index contributed by atoms with van der Waals surface area (Å²) in [4.78, 5) is 4.37. The van der Waals surface area contributed by atoms with Crippen LogP contribution in [0, 0.1) is 0 Å². The van der Waals surface area contributed by atoms with E-state index in [1.165, 1.54) is 0 Å². The van der Waals surface area contributed by atoms with Gasteiger partial charge in [0.2, 0.25) is 0 Å². The Bertz CT molecular complexity index is 514. The first-order chi connectivity index (χ1) is 7.76. The molecule has 1 heterocycles. The highest BCUT2D eigenvalue weighted by Crippen LogP contribution is 2.24. The van der Waals surface area contributed by atoms with Crippen molar-refractivity contribution < 1.29 is 4.74 Å². The van der Waals surface area contributed by atoms with Gasteiger partial charge in [0.05, 0.1) is 18.0 Å². The largest absolute Gasteiger partial charge is 0.380 e. The highest BCUT2D eigenvalue weighted by molar-refractivity contribution is 6.31. The summed E-state index contributed by atoms with van der Waals surface area (Å²) in [5, 5.41) is 1.50. The molecule has 0 saturated carbocycles. The Morgan fingerprint density at radius 1 is 1.31 bits per heavy atom.